The van der Waals surface area contributed by atoms with Crippen molar-refractivity contribution >= 4 is 12.0 Å². The number of hydrogen-bond donors (Lipinski definition) is 4. The van der Waals surface area contributed by atoms with Crippen LogP contribution in [0.5, 0.6) is 0 Å². The maximum Gasteiger partial charge on any atom is 0.315 e. The second-order valence-electron chi connectivity index (χ2n) is 6.87. The summed E-state index contributed by atoms with van der Waals surface area (Å²) >= 11 is 0. The summed E-state index contributed by atoms with van der Waals surface area (Å²) in [4.78, 5) is 22.9. The molecule has 0 spiro atoms. The van der Waals surface area contributed by atoms with Gasteiger partial charge in [0, 0.05) is 25.1 Å². The van der Waals surface area contributed by atoms with Crippen molar-refractivity contribution in [2.24, 2.45) is 11.8 Å². The van der Waals surface area contributed by atoms with E-state index in [0.29, 0.717) is 25.7 Å². The Labute approximate surface area is 154 Å². The minimum Gasteiger partial charge on any atom is -0.481 e. The van der Waals surface area contributed by atoms with Crippen LogP contribution in [0.2, 0.25) is 0 Å². The van der Waals surface area contributed by atoms with Crippen LogP contribution >= 0.6 is 0 Å². The predicted molar refractivity (Wildman–Crippen MR) is 90.5 cm³/mol. The van der Waals surface area contributed by atoms with Gasteiger partial charge in [0.05, 0.1) is 5.92 Å². The number of nitrogens with one attached hydrogen (secondary N) is 2. The van der Waals surface area contributed by atoms with Crippen LogP contribution in [0.3, 0.4) is 0 Å². The number of carboxylic acid groups (broad SMARTS) is 1. The number of halogens is 3. The van der Waals surface area contributed by atoms with E-state index < -0.39 is 35.4 Å². The number of aliphatic carboxylic acids is 1. The molecular formula is C18H23F3N2O4. The van der Waals surface area contributed by atoms with Crippen LogP contribution in [-0.4, -0.2) is 41.4 Å². The molecule has 1 aromatic carbocycles. The van der Waals surface area contributed by atoms with E-state index in [2.05, 4.69) is 10.6 Å². The van der Waals surface area contributed by atoms with Crippen LogP contribution in [0.25, 0.3) is 0 Å². The lowest BCUT2D eigenvalue weighted by Crippen LogP contribution is -2.45. The molecule has 2 amide bonds. The van der Waals surface area contributed by atoms with Gasteiger partial charge in [0.2, 0.25) is 0 Å². The first-order chi connectivity index (χ1) is 12.8. The Morgan fingerprint density at radius 2 is 1.70 bits per heavy atom. The van der Waals surface area contributed by atoms with Crippen molar-refractivity contribution in [2.45, 2.75) is 38.1 Å². The lowest BCUT2D eigenvalue weighted by atomic mass is 9.86. The summed E-state index contributed by atoms with van der Waals surface area (Å²) in [6.45, 7) is -0.266. The van der Waals surface area contributed by atoms with Gasteiger partial charge in [0.1, 0.15) is 0 Å². The molecule has 1 atom stereocenters. The Balaban J connectivity index is 1.78. The molecule has 0 aromatic heterocycles. The van der Waals surface area contributed by atoms with Gasteiger partial charge in [-0.3, -0.25) is 4.79 Å². The highest BCUT2D eigenvalue weighted by Gasteiger charge is 2.26. The second kappa shape index (κ2) is 9.59. The minimum atomic E-state index is -1.55. The molecule has 27 heavy (non-hydrogen) atoms. The number of aliphatic hydroxyl groups excluding tert-OH is 1. The molecule has 0 aliphatic heterocycles. The molecule has 0 saturated heterocycles. The standard InChI is InChI=1S/C18H23F3N2O4/c19-14-6-10(7-15(20)16(14)21)5-11(9-24)8-22-18(27)23-13-3-1-12(2-4-13)17(25)26/h6-7,11-13,24H,1-5,8-9H2,(H,25,26)(H2,22,23,27). The lowest BCUT2D eigenvalue weighted by molar-refractivity contribution is -0.142. The van der Waals surface area contributed by atoms with E-state index >= 15 is 0 Å². The monoisotopic (exact) mass is 388 g/mol. The Hall–Kier alpha value is -2.29. The predicted octanol–water partition coefficient (Wildman–Crippen LogP) is 2.20. The number of benzene rings is 1. The number of aliphatic hydroxyl groups is 1. The second-order valence-corrected chi connectivity index (χ2v) is 6.87. The number of carbonyl (C=O) groups excluding carboxylic acids is 1. The van der Waals surface area contributed by atoms with Crippen molar-refractivity contribution in [1.82, 2.24) is 10.6 Å². The SMILES string of the molecule is O=C(NCC(CO)Cc1cc(F)c(F)c(F)c1)NC1CCC(C(=O)O)CC1. The zero-order valence-corrected chi connectivity index (χ0v) is 14.7. The van der Waals surface area contributed by atoms with Crippen molar-refractivity contribution in [3.05, 3.63) is 35.1 Å². The maximum atomic E-state index is 13.3. The summed E-state index contributed by atoms with van der Waals surface area (Å²) in [5.41, 5.74) is 0.180. The molecule has 6 nitrogen and oxygen atoms in total. The summed E-state index contributed by atoms with van der Waals surface area (Å²) in [5.74, 6) is -5.84. The third kappa shape index (κ3) is 6.13. The van der Waals surface area contributed by atoms with Crippen molar-refractivity contribution in [2.75, 3.05) is 13.2 Å². The highest BCUT2D eigenvalue weighted by atomic mass is 19.2. The van der Waals surface area contributed by atoms with Gasteiger partial charge >= 0.3 is 12.0 Å². The van der Waals surface area contributed by atoms with Crippen LogP contribution in [0.15, 0.2) is 12.1 Å². The Morgan fingerprint density at radius 1 is 1.11 bits per heavy atom. The third-order valence-corrected chi connectivity index (χ3v) is 4.79. The van der Waals surface area contributed by atoms with Gasteiger partial charge in [-0.05, 0) is 49.8 Å². The number of hydrogen-bond acceptors (Lipinski definition) is 3. The normalized spacial score (nSPS) is 20.7. The molecule has 1 saturated carbocycles. The molecule has 9 heteroatoms. The van der Waals surface area contributed by atoms with Gasteiger partial charge in [-0.1, -0.05) is 0 Å². The molecule has 1 unspecified atom stereocenters. The summed E-state index contributed by atoms with van der Waals surface area (Å²) in [6.07, 6.45) is 2.21. The summed E-state index contributed by atoms with van der Waals surface area (Å²) in [6, 6.07) is 1.15. The maximum absolute atomic E-state index is 13.3. The average Bonchev–Trinajstić information content (AvgIpc) is 2.63. The van der Waals surface area contributed by atoms with Crippen LogP contribution in [0, 0.1) is 29.3 Å². The fourth-order valence-electron chi connectivity index (χ4n) is 3.22. The molecule has 1 fully saturated rings. The quantitative estimate of drug-likeness (QED) is 0.538. The van der Waals surface area contributed by atoms with Gasteiger partial charge in [0.15, 0.2) is 17.5 Å². The topological polar surface area (TPSA) is 98.7 Å². The van der Waals surface area contributed by atoms with Gasteiger partial charge in [-0.15, -0.1) is 0 Å². The fourth-order valence-corrected chi connectivity index (χ4v) is 3.22. The highest BCUT2D eigenvalue weighted by molar-refractivity contribution is 5.74. The summed E-state index contributed by atoms with van der Waals surface area (Å²) in [5, 5.41) is 23.7. The molecule has 1 aromatic rings. The minimum absolute atomic E-state index is 0.0629. The number of amides is 2. The van der Waals surface area contributed by atoms with E-state index in [0.717, 1.165) is 12.1 Å². The highest BCUT2D eigenvalue weighted by Crippen LogP contribution is 2.24. The van der Waals surface area contributed by atoms with Gasteiger partial charge < -0.3 is 20.8 Å². The third-order valence-electron chi connectivity index (χ3n) is 4.79. The molecule has 1 aliphatic carbocycles. The van der Waals surface area contributed by atoms with E-state index in [4.69, 9.17) is 5.11 Å². The Bertz CT molecular complexity index is 656. The van der Waals surface area contributed by atoms with Crippen LogP contribution in [0.1, 0.15) is 31.2 Å². The Kier molecular flexibility index (Phi) is 7.46. The van der Waals surface area contributed by atoms with Crippen molar-refractivity contribution in [3.8, 4) is 0 Å². The number of rotatable bonds is 7. The first kappa shape index (κ1) is 21.0. The van der Waals surface area contributed by atoms with Gasteiger partial charge in [0.25, 0.3) is 0 Å². The molecule has 150 valence electrons. The first-order valence-electron chi connectivity index (χ1n) is 8.81. The molecule has 0 heterocycles. The number of carboxylic acids is 1. The van der Waals surface area contributed by atoms with Crippen LogP contribution in [0.4, 0.5) is 18.0 Å². The van der Waals surface area contributed by atoms with E-state index in [1.165, 1.54) is 0 Å². The van der Waals surface area contributed by atoms with Crippen molar-refractivity contribution in [1.29, 1.82) is 0 Å². The Morgan fingerprint density at radius 3 is 2.22 bits per heavy atom. The number of urea groups is 1. The van der Waals surface area contributed by atoms with E-state index in [-0.39, 0.29) is 37.1 Å². The van der Waals surface area contributed by atoms with E-state index in [9.17, 15) is 27.9 Å². The fraction of sp³-hybridized carbons (Fsp3) is 0.556. The van der Waals surface area contributed by atoms with Gasteiger partial charge in [-0.25, -0.2) is 18.0 Å². The van der Waals surface area contributed by atoms with E-state index in [1.807, 2.05) is 0 Å². The molecule has 0 radical (unpaired) electrons. The molecular weight excluding hydrogens is 365 g/mol. The van der Waals surface area contributed by atoms with Crippen molar-refractivity contribution < 1.29 is 33.0 Å². The van der Waals surface area contributed by atoms with Crippen LogP contribution < -0.4 is 10.6 Å². The summed E-state index contributed by atoms with van der Waals surface area (Å²) < 4.78 is 39.5. The number of carbonyl (C=O) groups is 2. The van der Waals surface area contributed by atoms with E-state index in [1.54, 1.807) is 0 Å². The summed E-state index contributed by atoms with van der Waals surface area (Å²) in [7, 11) is 0. The van der Waals surface area contributed by atoms with Gasteiger partial charge in [-0.2, -0.15) is 0 Å². The zero-order valence-electron chi connectivity index (χ0n) is 14.7. The average molecular weight is 388 g/mol. The molecule has 4 N–H and O–H groups in total. The largest absolute Gasteiger partial charge is 0.481 e. The van der Waals surface area contributed by atoms with Crippen molar-refractivity contribution in [3.63, 3.8) is 0 Å². The molecule has 1 aliphatic rings. The molecule has 0 bridgehead atoms. The lowest BCUT2D eigenvalue weighted by Gasteiger charge is -2.27. The first-order valence-corrected chi connectivity index (χ1v) is 8.81. The smallest absolute Gasteiger partial charge is 0.315 e. The van der Waals surface area contributed by atoms with Crippen LogP contribution in [-0.2, 0) is 11.2 Å². The molecule has 2 rings (SSSR count). The zero-order chi connectivity index (χ0) is 20.0.